The van der Waals surface area contributed by atoms with Crippen molar-refractivity contribution in [2.45, 2.75) is 57.7 Å². The third-order valence-electron chi connectivity index (χ3n) is 3.58. The van der Waals surface area contributed by atoms with Gasteiger partial charge in [-0.25, -0.2) is 0 Å². The van der Waals surface area contributed by atoms with Crippen molar-refractivity contribution < 1.29 is 10.2 Å². The molecule has 0 aromatic heterocycles. The Hall–Kier alpha value is -0.900. The summed E-state index contributed by atoms with van der Waals surface area (Å²) in [6, 6.07) is 7.67. The van der Waals surface area contributed by atoms with Gasteiger partial charge in [0, 0.05) is 0 Å². The standard InChI is InChI=1S/C16H27NO2/c1-3-9-16(19,10-4-2)14-7-5-6-13(12-14)15(18)8-11-17/h5-7,12,15,18-19H,3-4,8-11,17H2,1-2H3. The molecule has 1 atom stereocenters. The highest BCUT2D eigenvalue weighted by atomic mass is 16.3. The summed E-state index contributed by atoms with van der Waals surface area (Å²) in [4.78, 5) is 0. The quantitative estimate of drug-likeness (QED) is 0.677. The average Bonchev–Trinajstić information content (AvgIpc) is 2.40. The van der Waals surface area contributed by atoms with Gasteiger partial charge in [-0.1, -0.05) is 51.0 Å². The number of benzene rings is 1. The van der Waals surface area contributed by atoms with Crippen molar-refractivity contribution in [3.63, 3.8) is 0 Å². The van der Waals surface area contributed by atoms with Gasteiger partial charge in [0.1, 0.15) is 0 Å². The van der Waals surface area contributed by atoms with Crippen molar-refractivity contribution >= 4 is 0 Å². The molecular weight excluding hydrogens is 238 g/mol. The van der Waals surface area contributed by atoms with Crippen LogP contribution in [0.1, 0.15) is 63.2 Å². The van der Waals surface area contributed by atoms with Gasteiger partial charge in [0.15, 0.2) is 0 Å². The molecule has 0 aliphatic heterocycles. The molecule has 0 aliphatic rings. The number of rotatable bonds is 8. The van der Waals surface area contributed by atoms with Crippen LogP contribution in [0.25, 0.3) is 0 Å². The Balaban J connectivity index is 3.01. The summed E-state index contributed by atoms with van der Waals surface area (Å²) in [6.45, 7) is 4.61. The van der Waals surface area contributed by atoms with Crippen molar-refractivity contribution in [2.75, 3.05) is 6.54 Å². The van der Waals surface area contributed by atoms with Crippen LogP contribution < -0.4 is 5.73 Å². The summed E-state index contributed by atoms with van der Waals surface area (Å²) in [7, 11) is 0. The zero-order chi connectivity index (χ0) is 14.3. The van der Waals surface area contributed by atoms with Gasteiger partial charge in [0.25, 0.3) is 0 Å². The molecule has 1 aromatic carbocycles. The molecule has 3 nitrogen and oxygen atoms in total. The monoisotopic (exact) mass is 265 g/mol. The Bertz CT molecular complexity index is 373. The smallest absolute Gasteiger partial charge is 0.0896 e. The molecule has 0 spiro atoms. The van der Waals surface area contributed by atoms with E-state index < -0.39 is 11.7 Å². The molecule has 1 unspecified atom stereocenters. The minimum atomic E-state index is -0.776. The van der Waals surface area contributed by atoms with E-state index in [0.717, 1.165) is 36.8 Å². The van der Waals surface area contributed by atoms with E-state index >= 15 is 0 Å². The van der Waals surface area contributed by atoms with Crippen LogP contribution in [0.15, 0.2) is 24.3 Å². The molecule has 108 valence electrons. The predicted molar refractivity (Wildman–Crippen MR) is 78.8 cm³/mol. The number of aliphatic hydroxyl groups excluding tert-OH is 1. The zero-order valence-electron chi connectivity index (χ0n) is 12.1. The molecule has 0 saturated carbocycles. The van der Waals surface area contributed by atoms with Gasteiger partial charge < -0.3 is 15.9 Å². The van der Waals surface area contributed by atoms with Gasteiger partial charge >= 0.3 is 0 Å². The van der Waals surface area contributed by atoms with Crippen molar-refractivity contribution in [1.29, 1.82) is 0 Å². The Morgan fingerprint density at radius 2 is 1.84 bits per heavy atom. The Kier molecular flexibility index (Phi) is 6.49. The molecular formula is C16H27NO2. The van der Waals surface area contributed by atoms with Gasteiger partial charge in [-0.2, -0.15) is 0 Å². The van der Waals surface area contributed by atoms with E-state index in [9.17, 15) is 10.2 Å². The molecule has 1 rings (SSSR count). The van der Waals surface area contributed by atoms with E-state index in [2.05, 4.69) is 13.8 Å². The maximum Gasteiger partial charge on any atom is 0.0896 e. The normalized spacial score (nSPS) is 13.5. The molecule has 19 heavy (non-hydrogen) atoms. The first-order valence-electron chi connectivity index (χ1n) is 7.28. The highest BCUT2D eigenvalue weighted by molar-refractivity contribution is 5.29. The minimum absolute atomic E-state index is 0.458. The first kappa shape index (κ1) is 16.2. The lowest BCUT2D eigenvalue weighted by molar-refractivity contribution is 0.0167. The van der Waals surface area contributed by atoms with Gasteiger partial charge in [0.05, 0.1) is 11.7 Å². The summed E-state index contributed by atoms with van der Waals surface area (Å²) in [5.41, 5.74) is 6.45. The van der Waals surface area contributed by atoms with Crippen molar-refractivity contribution in [1.82, 2.24) is 0 Å². The summed E-state index contributed by atoms with van der Waals surface area (Å²) in [5, 5.41) is 20.8. The van der Waals surface area contributed by atoms with E-state index in [0.29, 0.717) is 13.0 Å². The number of hydrogen-bond donors (Lipinski definition) is 3. The third-order valence-corrected chi connectivity index (χ3v) is 3.58. The topological polar surface area (TPSA) is 66.5 Å². The molecule has 0 aliphatic carbocycles. The van der Waals surface area contributed by atoms with Crippen LogP contribution in [0.2, 0.25) is 0 Å². The Labute approximate surface area is 116 Å². The lowest BCUT2D eigenvalue weighted by Gasteiger charge is -2.29. The van der Waals surface area contributed by atoms with Crippen LogP contribution in [0.4, 0.5) is 0 Å². The molecule has 0 bridgehead atoms. The minimum Gasteiger partial charge on any atom is -0.388 e. The summed E-state index contributed by atoms with van der Waals surface area (Å²) in [5.74, 6) is 0. The first-order chi connectivity index (χ1) is 9.07. The lowest BCUT2D eigenvalue weighted by atomic mass is 9.84. The number of nitrogens with two attached hydrogens (primary N) is 1. The average molecular weight is 265 g/mol. The van der Waals surface area contributed by atoms with E-state index in [-0.39, 0.29) is 0 Å². The second-order valence-electron chi connectivity index (χ2n) is 5.25. The first-order valence-corrected chi connectivity index (χ1v) is 7.28. The zero-order valence-corrected chi connectivity index (χ0v) is 12.1. The van der Waals surface area contributed by atoms with E-state index in [1.54, 1.807) is 0 Å². The van der Waals surface area contributed by atoms with E-state index in [1.165, 1.54) is 0 Å². The molecule has 0 radical (unpaired) electrons. The summed E-state index contributed by atoms with van der Waals surface area (Å²) >= 11 is 0. The predicted octanol–water partition coefficient (Wildman–Crippen LogP) is 2.86. The number of aliphatic hydroxyl groups is 2. The van der Waals surface area contributed by atoms with Crippen LogP contribution in [0.5, 0.6) is 0 Å². The fourth-order valence-electron chi connectivity index (χ4n) is 2.60. The SMILES string of the molecule is CCCC(O)(CCC)c1cccc(C(O)CCN)c1. The molecule has 3 heteroatoms. The second-order valence-corrected chi connectivity index (χ2v) is 5.25. The van der Waals surface area contributed by atoms with Crippen LogP contribution in [-0.2, 0) is 5.60 Å². The van der Waals surface area contributed by atoms with Crippen LogP contribution >= 0.6 is 0 Å². The molecule has 1 aromatic rings. The fourth-order valence-corrected chi connectivity index (χ4v) is 2.60. The van der Waals surface area contributed by atoms with Crippen molar-refractivity contribution in [3.8, 4) is 0 Å². The van der Waals surface area contributed by atoms with Crippen LogP contribution in [0.3, 0.4) is 0 Å². The second kappa shape index (κ2) is 7.63. The molecule has 0 saturated heterocycles. The molecule has 0 amide bonds. The van der Waals surface area contributed by atoms with Gasteiger partial charge in [0.2, 0.25) is 0 Å². The van der Waals surface area contributed by atoms with Crippen LogP contribution in [-0.4, -0.2) is 16.8 Å². The number of hydrogen-bond acceptors (Lipinski definition) is 3. The van der Waals surface area contributed by atoms with Crippen molar-refractivity contribution in [2.24, 2.45) is 5.73 Å². The van der Waals surface area contributed by atoms with Gasteiger partial charge in [-0.05, 0) is 36.9 Å². The van der Waals surface area contributed by atoms with Gasteiger partial charge in [-0.15, -0.1) is 0 Å². The largest absolute Gasteiger partial charge is 0.388 e. The van der Waals surface area contributed by atoms with E-state index in [4.69, 9.17) is 5.73 Å². The third kappa shape index (κ3) is 4.30. The van der Waals surface area contributed by atoms with E-state index in [1.807, 2.05) is 24.3 Å². The molecule has 4 N–H and O–H groups in total. The van der Waals surface area contributed by atoms with Crippen molar-refractivity contribution in [3.05, 3.63) is 35.4 Å². The molecule has 0 heterocycles. The Morgan fingerprint density at radius 1 is 1.21 bits per heavy atom. The molecule has 0 fully saturated rings. The lowest BCUT2D eigenvalue weighted by Crippen LogP contribution is -2.25. The summed E-state index contributed by atoms with van der Waals surface area (Å²) < 4.78 is 0. The van der Waals surface area contributed by atoms with Crippen LogP contribution in [0, 0.1) is 0 Å². The highest BCUT2D eigenvalue weighted by Gasteiger charge is 2.27. The van der Waals surface area contributed by atoms with Gasteiger partial charge in [-0.3, -0.25) is 0 Å². The highest BCUT2D eigenvalue weighted by Crippen LogP contribution is 2.33. The maximum atomic E-state index is 10.8. The maximum absolute atomic E-state index is 10.8. The Morgan fingerprint density at radius 3 is 2.37 bits per heavy atom. The summed E-state index contributed by atoms with van der Waals surface area (Å²) in [6.07, 6.45) is 3.37. The fraction of sp³-hybridized carbons (Fsp3) is 0.625.